The summed E-state index contributed by atoms with van der Waals surface area (Å²) >= 11 is 0. The molecule has 0 atom stereocenters. The molecule has 0 aliphatic carbocycles. The average Bonchev–Trinajstić information content (AvgIpc) is 2.71. The first-order chi connectivity index (χ1) is 9.10. The number of carbonyl (C=O) groups is 3. The number of imide groups is 1. The van der Waals surface area contributed by atoms with Crippen molar-refractivity contribution in [1.82, 2.24) is 5.06 Å². The molecule has 0 unspecified atom stereocenters. The number of hydroxylamine groups is 2. The van der Waals surface area contributed by atoms with Crippen molar-refractivity contribution in [1.29, 1.82) is 0 Å². The lowest BCUT2D eigenvalue weighted by molar-refractivity contribution is -0.174. The molecule has 1 heterocycles. The second-order valence-corrected chi connectivity index (χ2v) is 4.02. The summed E-state index contributed by atoms with van der Waals surface area (Å²) in [5, 5.41) is 0.447. The number of rotatable bonds is 3. The summed E-state index contributed by atoms with van der Waals surface area (Å²) in [7, 11) is 0. The molecule has 2 amide bonds. The summed E-state index contributed by atoms with van der Waals surface area (Å²) in [5.41, 5.74) is 1.10. The average molecular weight is 263 g/mol. The predicted molar refractivity (Wildman–Crippen MR) is 64.0 cm³/mol. The lowest BCUT2D eigenvalue weighted by atomic mass is 10.2. The maximum Gasteiger partial charge on any atom is 0.539 e. The van der Waals surface area contributed by atoms with Crippen LogP contribution in [0.25, 0.3) is 0 Å². The molecule has 19 heavy (non-hydrogen) atoms. The molecule has 0 spiro atoms. The van der Waals surface area contributed by atoms with E-state index >= 15 is 0 Å². The first-order valence-corrected chi connectivity index (χ1v) is 5.94. The molecular weight excluding hydrogens is 250 g/mol. The second kappa shape index (κ2) is 5.51. The van der Waals surface area contributed by atoms with Gasteiger partial charge in [0.1, 0.15) is 5.75 Å². The third kappa shape index (κ3) is 3.09. The minimum atomic E-state index is -1.10. The molecule has 0 N–H and O–H groups in total. The molecule has 6 heteroatoms. The highest BCUT2D eigenvalue weighted by atomic mass is 16.8. The van der Waals surface area contributed by atoms with Crippen LogP contribution < -0.4 is 4.74 Å². The Hall–Kier alpha value is -2.37. The Balaban J connectivity index is 1.93. The monoisotopic (exact) mass is 263 g/mol. The van der Waals surface area contributed by atoms with Crippen molar-refractivity contribution < 1.29 is 24.0 Å². The van der Waals surface area contributed by atoms with E-state index in [-0.39, 0.29) is 12.8 Å². The molecule has 0 bridgehead atoms. The number of nitrogens with zero attached hydrogens (tertiary/aromatic N) is 1. The smallest absolute Gasteiger partial charge is 0.393 e. The summed E-state index contributed by atoms with van der Waals surface area (Å²) in [5.74, 6) is -0.784. The van der Waals surface area contributed by atoms with E-state index in [9.17, 15) is 14.4 Å². The Kier molecular flexibility index (Phi) is 3.79. The molecule has 1 aliphatic heterocycles. The molecule has 1 saturated heterocycles. The van der Waals surface area contributed by atoms with Crippen LogP contribution in [0, 0.1) is 0 Å². The van der Waals surface area contributed by atoms with E-state index in [4.69, 9.17) is 4.74 Å². The van der Waals surface area contributed by atoms with E-state index < -0.39 is 18.0 Å². The van der Waals surface area contributed by atoms with Gasteiger partial charge in [-0.05, 0) is 24.1 Å². The predicted octanol–water partition coefficient (Wildman–Crippen LogP) is 1.83. The van der Waals surface area contributed by atoms with Crippen molar-refractivity contribution in [2.45, 2.75) is 26.2 Å². The molecular formula is C13H13NO5. The van der Waals surface area contributed by atoms with Crippen molar-refractivity contribution in [3.63, 3.8) is 0 Å². The van der Waals surface area contributed by atoms with Crippen LogP contribution in [0.15, 0.2) is 24.3 Å². The minimum absolute atomic E-state index is 0.0529. The fraction of sp³-hybridized carbons (Fsp3) is 0.308. The topological polar surface area (TPSA) is 72.9 Å². The standard InChI is InChI=1S/C13H13NO5/c1-2-9-3-5-10(6-4-9)18-13(17)19-14-11(15)7-8-12(14)16/h3-6H,2,7-8H2,1H3. The van der Waals surface area contributed by atoms with Crippen molar-refractivity contribution in [3.8, 4) is 5.75 Å². The van der Waals surface area contributed by atoms with E-state index in [0.717, 1.165) is 12.0 Å². The highest BCUT2D eigenvalue weighted by molar-refractivity contribution is 6.01. The van der Waals surface area contributed by atoms with Gasteiger partial charge in [0.25, 0.3) is 11.8 Å². The summed E-state index contributed by atoms with van der Waals surface area (Å²) < 4.78 is 4.87. The lowest BCUT2D eigenvalue weighted by Crippen LogP contribution is -2.33. The van der Waals surface area contributed by atoms with Crippen molar-refractivity contribution >= 4 is 18.0 Å². The Morgan fingerprint density at radius 1 is 1.16 bits per heavy atom. The number of benzene rings is 1. The molecule has 0 aromatic heterocycles. The normalized spacial score (nSPS) is 14.7. The lowest BCUT2D eigenvalue weighted by Gasteiger charge is -2.12. The number of hydrogen-bond donors (Lipinski definition) is 0. The van der Waals surface area contributed by atoms with Crippen LogP contribution in [0.4, 0.5) is 4.79 Å². The quantitative estimate of drug-likeness (QED) is 0.472. The Morgan fingerprint density at radius 3 is 2.26 bits per heavy atom. The Labute approximate surface area is 109 Å². The van der Waals surface area contributed by atoms with Gasteiger partial charge in [0, 0.05) is 12.8 Å². The van der Waals surface area contributed by atoms with Gasteiger partial charge in [0.15, 0.2) is 0 Å². The van der Waals surface area contributed by atoms with Gasteiger partial charge in [-0.3, -0.25) is 14.4 Å². The van der Waals surface area contributed by atoms with Crippen molar-refractivity contribution in [3.05, 3.63) is 29.8 Å². The number of amides is 2. The zero-order chi connectivity index (χ0) is 13.8. The molecule has 1 fully saturated rings. The van der Waals surface area contributed by atoms with Gasteiger partial charge in [0.05, 0.1) is 0 Å². The van der Waals surface area contributed by atoms with Gasteiger partial charge in [-0.2, -0.15) is 0 Å². The van der Waals surface area contributed by atoms with Crippen LogP contribution in [0.5, 0.6) is 5.75 Å². The number of ether oxygens (including phenoxy) is 1. The molecule has 6 nitrogen and oxygen atoms in total. The van der Waals surface area contributed by atoms with Gasteiger partial charge in [-0.15, -0.1) is 0 Å². The molecule has 1 aromatic carbocycles. The minimum Gasteiger partial charge on any atom is -0.393 e. The molecule has 1 aromatic rings. The van der Waals surface area contributed by atoms with E-state index in [1.165, 1.54) is 0 Å². The molecule has 100 valence electrons. The first kappa shape index (κ1) is 13.1. The highest BCUT2D eigenvalue weighted by Gasteiger charge is 2.33. The summed E-state index contributed by atoms with van der Waals surface area (Å²) in [6.07, 6.45) is -0.122. The van der Waals surface area contributed by atoms with Crippen LogP contribution in [0.1, 0.15) is 25.3 Å². The SMILES string of the molecule is CCc1ccc(OC(=O)ON2C(=O)CCC2=O)cc1. The number of hydrogen-bond acceptors (Lipinski definition) is 5. The van der Waals surface area contributed by atoms with Gasteiger partial charge in [-0.25, -0.2) is 4.79 Å². The zero-order valence-electron chi connectivity index (χ0n) is 10.4. The Bertz CT molecular complexity index is 492. The molecule has 0 radical (unpaired) electrons. The Morgan fingerprint density at radius 2 is 1.74 bits per heavy atom. The second-order valence-electron chi connectivity index (χ2n) is 4.02. The fourth-order valence-electron chi connectivity index (χ4n) is 1.64. The van der Waals surface area contributed by atoms with E-state index in [1.54, 1.807) is 12.1 Å². The van der Waals surface area contributed by atoms with Crippen molar-refractivity contribution in [2.24, 2.45) is 0 Å². The van der Waals surface area contributed by atoms with Crippen LogP contribution in [-0.4, -0.2) is 23.0 Å². The summed E-state index contributed by atoms with van der Waals surface area (Å²) in [6, 6.07) is 6.87. The third-order valence-electron chi connectivity index (χ3n) is 2.70. The maximum atomic E-state index is 11.4. The van der Waals surface area contributed by atoms with Gasteiger partial charge in [0.2, 0.25) is 0 Å². The molecule has 1 aliphatic rings. The zero-order valence-corrected chi connectivity index (χ0v) is 10.4. The van der Waals surface area contributed by atoms with Crippen LogP contribution in [-0.2, 0) is 20.8 Å². The van der Waals surface area contributed by atoms with E-state index in [2.05, 4.69) is 4.84 Å². The van der Waals surface area contributed by atoms with Crippen LogP contribution >= 0.6 is 0 Å². The molecule has 0 saturated carbocycles. The third-order valence-corrected chi connectivity index (χ3v) is 2.70. The number of aryl methyl sites for hydroxylation is 1. The summed E-state index contributed by atoms with van der Waals surface area (Å²) in [6.45, 7) is 2.01. The molecule has 2 rings (SSSR count). The van der Waals surface area contributed by atoms with Gasteiger partial charge >= 0.3 is 6.16 Å². The summed E-state index contributed by atoms with van der Waals surface area (Å²) in [4.78, 5) is 38.4. The number of carbonyl (C=O) groups excluding carboxylic acids is 3. The van der Waals surface area contributed by atoms with Gasteiger partial charge in [-0.1, -0.05) is 24.1 Å². The maximum absolute atomic E-state index is 11.4. The van der Waals surface area contributed by atoms with Crippen LogP contribution in [0.2, 0.25) is 0 Å². The van der Waals surface area contributed by atoms with E-state index in [1.807, 2.05) is 19.1 Å². The van der Waals surface area contributed by atoms with Crippen molar-refractivity contribution in [2.75, 3.05) is 0 Å². The highest BCUT2D eigenvalue weighted by Crippen LogP contribution is 2.16. The first-order valence-electron chi connectivity index (χ1n) is 5.94. The largest absolute Gasteiger partial charge is 0.539 e. The fourth-order valence-corrected chi connectivity index (χ4v) is 1.64. The van der Waals surface area contributed by atoms with Gasteiger partial charge < -0.3 is 4.74 Å². The van der Waals surface area contributed by atoms with E-state index in [0.29, 0.717) is 10.8 Å². The van der Waals surface area contributed by atoms with Crippen LogP contribution in [0.3, 0.4) is 0 Å².